The van der Waals surface area contributed by atoms with Crippen LogP contribution in [0.5, 0.6) is 0 Å². The van der Waals surface area contributed by atoms with E-state index in [1.54, 1.807) is 0 Å². The van der Waals surface area contributed by atoms with Gasteiger partial charge in [0.2, 0.25) is 5.95 Å². The van der Waals surface area contributed by atoms with Crippen LogP contribution < -0.4 is 10.6 Å². The monoisotopic (exact) mass is 375 g/mol. The number of aromatic nitrogens is 5. The van der Waals surface area contributed by atoms with Crippen LogP contribution in [0.4, 0.5) is 17.5 Å². The molecule has 0 unspecified atom stereocenters. The fourth-order valence-electron chi connectivity index (χ4n) is 3.32. The third-order valence-corrected chi connectivity index (χ3v) is 4.85. The summed E-state index contributed by atoms with van der Waals surface area (Å²) in [7, 11) is 0. The van der Waals surface area contributed by atoms with Gasteiger partial charge >= 0.3 is 0 Å². The highest BCUT2D eigenvalue weighted by atomic mass is 15.3. The number of fused-ring (bicyclic) bond motifs is 1. The van der Waals surface area contributed by atoms with E-state index in [0.717, 1.165) is 28.2 Å². The molecule has 0 saturated heterocycles. The number of aromatic amines is 1. The lowest BCUT2D eigenvalue weighted by Crippen LogP contribution is -2.10. The SMILES string of the molecule is Cc1c(Nc2nc(N[C@@H](C)c3ccccc3)c3cc[nH]c3n2)cnn1C(C)C. The third kappa shape index (κ3) is 3.43. The van der Waals surface area contributed by atoms with Crippen molar-refractivity contribution in [3.63, 3.8) is 0 Å². The number of hydrogen-bond acceptors (Lipinski definition) is 5. The number of hydrogen-bond donors (Lipinski definition) is 3. The van der Waals surface area contributed by atoms with Gasteiger partial charge in [-0.05, 0) is 39.3 Å². The van der Waals surface area contributed by atoms with E-state index in [1.807, 2.05) is 48.3 Å². The quantitative estimate of drug-likeness (QED) is 0.444. The molecule has 7 heteroatoms. The highest BCUT2D eigenvalue weighted by Gasteiger charge is 2.14. The van der Waals surface area contributed by atoms with Gasteiger partial charge in [-0.1, -0.05) is 30.3 Å². The topological polar surface area (TPSA) is 83.4 Å². The van der Waals surface area contributed by atoms with Gasteiger partial charge in [-0.3, -0.25) is 4.68 Å². The minimum absolute atomic E-state index is 0.118. The van der Waals surface area contributed by atoms with Crippen LogP contribution in [0.2, 0.25) is 0 Å². The van der Waals surface area contributed by atoms with E-state index in [9.17, 15) is 0 Å². The summed E-state index contributed by atoms with van der Waals surface area (Å²) in [6.07, 6.45) is 3.70. The van der Waals surface area contributed by atoms with Gasteiger partial charge in [-0.15, -0.1) is 0 Å². The molecule has 4 aromatic rings. The number of benzene rings is 1. The molecule has 3 heterocycles. The Kier molecular flexibility index (Phi) is 4.73. The van der Waals surface area contributed by atoms with Gasteiger partial charge in [0, 0.05) is 18.3 Å². The van der Waals surface area contributed by atoms with Crippen molar-refractivity contribution in [1.29, 1.82) is 0 Å². The summed E-state index contributed by atoms with van der Waals surface area (Å²) in [5.74, 6) is 1.32. The zero-order valence-corrected chi connectivity index (χ0v) is 16.6. The fraction of sp³-hybridized carbons (Fsp3) is 0.286. The normalized spacial score (nSPS) is 12.5. The van der Waals surface area contributed by atoms with E-state index < -0.39 is 0 Å². The molecule has 4 rings (SSSR count). The van der Waals surface area contributed by atoms with E-state index in [-0.39, 0.29) is 6.04 Å². The van der Waals surface area contributed by atoms with Crippen LogP contribution in [0.25, 0.3) is 11.0 Å². The Morgan fingerprint density at radius 3 is 2.54 bits per heavy atom. The van der Waals surface area contributed by atoms with E-state index in [1.165, 1.54) is 5.56 Å². The first-order valence-electron chi connectivity index (χ1n) is 9.50. The van der Waals surface area contributed by atoms with Crippen molar-refractivity contribution in [2.45, 2.75) is 39.8 Å². The second-order valence-corrected chi connectivity index (χ2v) is 7.22. The molecular formula is C21H25N7. The zero-order valence-electron chi connectivity index (χ0n) is 16.6. The number of anilines is 3. The van der Waals surface area contributed by atoms with Gasteiger partial charge in [0.05, 0.1) is 23.0 Å². The molecule has 1 atom stereocenters. The van der Waals surface area contributed by atoms with Gasteiger partial charge in [0.25, 0.3) is 0 Å². The molecule has 0 spiro atoms. The molecule has 7 nitrogen and oxygen atoms in total. The zero-order chi connectivity index (χ0) is 19.7. The van der Waals surface area contributed by atoms with Crippen LogP contribution in [0.15, 0.2) is 48.8 Å². The molecule has 0 bridgehead atoms. The predicted octanol–water partition coefficient (Wildman–Crippen LogP) is 4.96. The predicted molar refractivity (Wildman–Crippen MR) is 113 cm³/mol. The average Bonchev–Trinajstić information content (AvgIpc) is 3.30. The molecule has 0 aliphatic heterocycles. The lowest BCUT2D eigenvalue weighted by molar-refractivity contribution is 0.519. The van der Waals surface area contributed by atoms with Crippen LogP contribution in [-0.4, -0.2) is 24.7 Å². The Labute approximate surface area is 164 Å². The van der Waals surface area contributed by atoms with E-state index in [4.69, 9.17) is 4.98 Å². The summed E-state index contributed by atoms with van der Waals surface area (Å²) >= 11 is 0. The van der Waals surface area contributed by atoms with Crippen molar-refractivity contribution >= 4 is 28.5 Å². The molecular weight excluding hydrogens is 350 g/mol. The van der Waals surface area contributed by atoms with E-state index in [0.29, 0.717) is 12.0 Å². The van der Waals surface area contributed by atoms with Crippen molar-refractivity contribution in [2.24, 2.45) is 0 Å². The maximum absolute atomic E-state index is 4.74. The van der Waals surface area contributed by atoms with Crippen molar-refractivity contribution in [3.8, 4) is 0 Å². The van der Waals surface area contributed by atoms with Gasteiger partial charge in [0.1, 0.15) is 11.5 Å². The van der Waals surface area contributed by atoms with Gasteiger partial charge in [-0.25, -0.2) is 0 Å². The highest BCUT2D eigenvalue weighted by molar-refractivity contribution is 5.88. The molecule has 0 fully saturated rings. The summed E-state index contributed by atoms with van der Waals surface area (Å²) < 4.78 is 1.98. The lowest BCUT2D eigenvalue weighted by Gasteiger charge is -2.16. The maximum Gasteiger partial charge on any atom is 0.231 e. The molecule has 144 valence electrons. The summed E-state index contributed by atoms with van der Waals surface area (Å²) in [6, 6.07) is 12.7. The molecule has 0 saturated carbocycles. The summed E-state index contributed by atoms with van der Waals surface area (Å²) in [4.78, 5) is 12.5. The van der Waals surface area contributed by atoms with Crippen molar-refractivity contribution in [3.05, 3.63) is 60.0 Å². The number of rotatable bonds is 6. The number of nitrogens with zero attached hydrogens (tertiary/aromatic N) is 4. The number of nitrogens with one attached hydrogen (secondary N) is 3. The second-order valence-electron chi connectivity index (χ2n) is 7.22. The van der Waals surface area contributed by atoms with Crippen LogP contribution >= 0.6 is 0 Å². The first kappa shape index (κ1) is 18.0. The second kappa shape index (κ2) is 7.34. The highest BCUT2D eigenvalue weighted by Crippen LogP contribution is 2.27. The summed E-state index contributed by atoms with van der Waals surface area (Å²) in [6.45, 7) is 8.38. The first-order valence-corrected chi connectivity index (χ1v) is 9.50. The molecule has 3 N–H and O–H groups in total. The smallest absolute Gasteiger partial charge is 0.231 e. The Balaban J connectivity index is 1.65. The standard InChI is InChI=1S/C21H25N7/c1-13(2)28-15(4)18(12-23-28)25-21-26-19-17(10-11-22-19)20(27-21)24-14(3)16-8-6-5-7-9-16/h5-14H,1-4H3,(H3,22,24,25,26,27)/t14-/m0/s1. The van der Waals surface area contributed by atoms with Crippen LogP contribution in [0.1, 0.15) is 44.1 Å². The minimum Gasteiger partial charge on any atom is -0.363 e. The largest absolute Gasteiger partial charge is 0.363 e. The first-order chi connectivity index (χ1) is 13.5. The van der Waals surface area contributed by atoms with Gasteiger partial charge in [-0.2, -0.15) is 15.1 Å². The van der Waals surface area contributed by atoms with Gasteiger partial charge in [0.15, 0.2) is 0 Å². The van der Waals surface area contributed by atoms with Gasteiger partial charge < -0.3 is 15.6 Å². The Hall–Kier alpha value is -3.35. The lowest BCUT2D eigenvalue weighted by atomic mass is 10.1. The molecule has 3 aromatic heterocycles. The Bertz CT molecular complexity index is 1080. The summed E-state index contributed by atoms with van der Waals surface area (Å²) in [5, 5.41) is 12.2. The number of H-pyrrole nitrogens is 1. The Morgan fingerprint density at radius 2 is 1.82 bits per heavy atom. The average molecular weight is 375 g/mol. The van der Waals surface area contributed by atoms with Crippen LogP contribution in [0, 0.1) is 6.92 Å². The molecule has 0 aliphatic carbocycles. The van der Waals surface area contributed by atoms with E-state index >= 15 is 0 Å². The molecule has 1 aromatic carbocycles. The van der Waals surface area contributed by atoms with Crippen LogP contribution in [0.3, 0.4) is 0 Å². The molecule has 0 radical (unpaired) electrons. The van der Waals surface area contributed by atoms with E-state index in [2.05, 4.69) is 58.6 Å². The van der Waals surface area contributed by atoms with Crippen molar-refractivity contribution < 1.29 is 0 Å². The Morgan fingerprint density at radius 1 is 1.04 bits per heavy atom. The molecule has 0 amide bonds. The summed E-state index contributed by atoms with van der Waals surface area (Å²) in [5.41, 5.74) is 3.95. The fourth-order valence-corrected chi connectivity index (χ4v) is 3.32. The maximum atomic E-state index is 4.74. The van der Waals surface area contributed by atoms with Crippen molar-refractivity contribution in [2.75, 3.05) is 10.6 Å². The minimum atomic E-state index is 0.118. The van der Waals surface area contributed by atoms with Crippen molar-refractivity contribution in [1.82, 2.24) is 24.7 Å². The van der Waals surface area contributed by atoms with Crippen LogP contribution in [-0.2, 0) is 0 Å². The third-order valence-electron chi connectivity index (χ3n) is 4.85. The molecule has 28 heavy (non-hydrogen) atoms. The molecule has 0 aliphatic rings.